The molecule has 41 heavy (non-hydrogen) atoms. The number of hydrogen-bond donors (Lipinski definition) is 2. The molecular weight excluding hydrogens is 580 g/mol. The zero-order valence-corrected chi connectivity index (χ0v) is 24.7. The third-order valence-electron chi connectivity index (χ3n) is 7.46. The summed E-state index contributed by atoms with van der Waals surface area (Å²) < 4.78 is 24.4. The Morgan fingerprint density at radius 3 is 2.39 bits per heavy atom. The van der Waals surface area contributed by atoms with Crippen molar-refractivity contribution >= 4 is 26.8 Å². The number of para-hydroxylation sites is 1. The van der Waals surface area contributed by atoms with Crippen molar-refractivity contribution in [2.45, 2.75) is 18.9 Å². The number of aromatic amines is 1. The second-order valence-electron chi connectivity index (χ2n) is 9.96. The van der Waals surface area contributed by atoms with Crippen molar-refractivity contribution in [3.8, 4) is 23.0 Å². The van der Waals surface area contributed by atoms with Gasteiger partial charge in [0.25, 0.3) is 0 Å². The molecule has 7 heteroatoms. The molecule has 0 saturated heterocycles. The van der Waals surface area contributed by atoms with E-state index in [1.165, 1.54) is 22.2 Å². The Labute approximate surface area is 248 Å². The van der Waals surface area contributed by atoms with E-state index in [2.05, 4.69) is 74.8 Å². The highest BCUT2D eigenvalue weighted by Gasteiger charge is 2.32. The third-order valence-corrected chi connectivity index (χ3v) is 7.96. The van der Waals surface area contributed by atoms with E-state index in [-0.39, 0.29) is 12.0 Å². The van der Waals surface area contributed by atoms with Crippen LogP contribution in [-0.2, 0) is 0 Å². The minimum Gasteiger partial charge on any atom is -0.497 e. The summed E-state index contributed by atoms with van der Waals surface area (Å²) in [5.41, 5.74) is 6.02. The van der Waals surface area contributed by atoms with Crippen molar-refractivity contribution in [3.63, 3.8) is 0 Å². The fraction of sp³-hybridized carbons (Fsp3) is 0.235. The van der Waals surface area contributed by atoms with Crippen LogP contribution in [0.1, 0.15) is 41.3 Å². The number of fused-ring (bicyclic) bond motifs is 3. The molecular formula is C34H33BrN2O4. The van der Waals surface area contributed by atoms with Gasteiger partial charge in [-0.3, -0.25) is 0 Å². The maximum absolute atomic E-state index is 6.10. The van der Waals surface area contributed by atoms with Gasteiger partial charge in [0.05, 0.1) is 19.8 Å². The van der Waals surface area contributed by atoms with Crippen LogP contribution in [-0.4, -0.2) is 38.5 Å². The van der Waals surface area contributed by atoms with Crippen molar-refractivity contribution < 1.29 is 18.9 Å². The van der Waals surface area contributed by atoms with Gasteiger partial charge < -0.3 is 29.2 Å². The van der Waals surface area contributed by atoms with E-state index in [4.69, 9.17) is 18.9 Å². The molecule has 0 saturated carbocycles. The average Bonchev–Trinajstić information content (AvgIpc) is 3.40. The highest BCUT2D eigenvalue weighted by molar-refractivity contribution is 9.10. The van der Waals surface area contributed by atoms with Gasteiger partial charge in [0, 0.05) is 33.5 Å². The topological polar surface area (TPSA) is 64.7 Å². The van der Waals surface area contributed by atoms with E-state index in [1.807, 2.05) is 49.4 Å². The molecule has 0 unspecified atom stereocenters. The first-order valence-electron chi connectivity index (χ1n) is 13.9. The number of aromatic nitrogens is 1. The minimum absolute atomic E-state index is 0.0139. The second kappa shape index (κ2) is 12.3. The number of nitrogens with one attached hydrogen (secondary N) is 2. The minimum atomic E-state index is -0.0139. The first-order chi connectivity index (χ1) is 20.1. The lowest BCUT2D eigenvalue weighted by molar-refractivity contribution is 0.208. The summed E-state index contributed by atoms with van der Waals surface area (Å²) in [6.07, 6.45) is 0. The molecule has 1 aromatic heterocycles. The largest absolute Gasteiger partial charge is 0.497 e. The van der Waals surface area contributed by atoms with Crippen molar-refractivity contribution in [1.29, 1.82) is 0 Å². The Morgan fingerprint density at radius 1 is 0.780 bits per heavy atom. The summed E-state index contributed by atoms with van der Waals surface area (Å²) in [6.45, 7) is 4.17. The molecule has 1 aliphatic rings. The molecule has 2 heterocycles. The molecule has 2 atom stereocenters. The predicted molar refractivity (Wildman–Crippen MR) is 166 cm³/mol. The lowest BCUT2D eigenvalue weighted by Gasteiger charge is -2.31. The molecule has 0 bridgehead atoms. The fourth-order valence-electron chi connectivity index (χ4n) is 5.59. The number of halogens is 1. The number of ether oxygens (including phenoxy) is 4. The van der Waals surface area contributed by atoms with Crippen LogP contribution in [0.4, 0.5) is 0 Å². The first kappa shape index (κ1) is 27.2. The van der Waals surface area contributed by atoms with Crippen molar-refractivity contribution in [3.05, 3.63) is 118 Å². The molecule has 2 N–H and O–H groups in total. The van der Waals surface area contributed by atoms with E-state index in [0.717, 1.165) is 39.3 Å². The van der Waals surface area contributed by atoms with Crippen LogP contribution in [0.15, 0.2) is 95.5 Å². The summed E-state index contributed by atoms with van der Waals surface area (Å²) in [4.78, 5) is 3.74. The van der Waals surface area contributed by atoms with E-state index in [0.29, 0.717) is 25.6 Å². The van der Waals surface area contributed by atoms with E-state index in [1.54, 1.807) is 7.11 Å². The zero-order chi connectivity index (χ0) is 28.2. The maximum atomic E-state index is 6.10. The molecule has 0 radical (unpaired) electrons. The van der Waals surface area contributed by atoms with E-state index < -0.39 is 0 Å². The molecule has 0 amide bonds. The Bertz CT molecular complexity index is 1630. The molecule has 4 aromatic carbocycles. The molecule has 5 aromatic rings. The number of rotatable bonds is 10. The summed E-state index contributed by atoms with van der Waals surface area (Å²) >= 11 is 3.47. The van der Waals surface area contributed by atoms with Crippen LogP contribution in [0.2, 0.25) is 0 Å². The summed E-state index contributed by atoms with van der Waals surface area (Å²) in [6, 6.07) is 30.9. The standard InChI is InChI=1S/C34H33BrN2O4/c1-3-39-31-19-23(13-16-30(31)41-18-17-40-26-8-6-7-24(35)20-26)33-34-32(27-9-4-5-10-29(27)37-34)28(21-36-33)22-11-14-25(38-2)15-12-22/h4-16,19-20,28,33,36-37H,3,17-18,21H2,1-2H3/t28-,33-/m1/s1. The summed E-state index contributed by atoms with van der Waals surface area (Å²) in [5, 5.41) is 5.07. The van der Waals surface area contributed by atoms with Gasteiger partial charge >= 0.3 is 0 Å². The zero-order valence-electron chi connectivity index (χ0n) is 23.2. The van der Waals surface area contributed by atoms with Gasteiger partial charge in [0.2, 0.25) is 0 Å². The Kier molecular flexibility index (Phi) is 8.16. The van der Waals surface area contributed by atoms with Crippen molar-refractivity contribution in [1.82, 2.24) is 10.3 Å². The van der Waals surface area contributed by atoms with Gasteiger partial charge in [-0.1, -0.05) is 58.4 Å². The highest BCUT2D eigenvalue weighted by atomic mass is 79.9. The first-order valence-corrected chi connectivity index (χ1v) is 14.7. The van der Waals surface area contributed by atoms with Gasteiger partial charge in [-0.2, -0.15) is 0 Å². The SMILES string of the molecule is CCOc1cc([C@H]2NC[C@H](c3ccc(OC)cc3)c3c2[nH]c2ccccc32)ccc1OCCOc1cccc(Br)c1. The van der Waals surface area contributed by atoms with E-state index in [9.17, 15) is 0 Å². The van der Waals surface area contributed by atoms with Gasteiger partial charge in [-0.05, 0) is 72.1 Å². The Hall–Kier alpha value is -3.94. The number of methoxy groups -OCH3 is 1. The maximum Gasteiger partial charge on any atom is 0.161 e. The monoisotopic (exact) mass is 612 g/mol. The lowest BCUT2D eigenvalue weighted by Crippen LogP contribution is -2.34. The molecule has 210 valence electrons. The quantitative estimate of drug-likeness (QED) is 0.159. The van der Waals surface area contributed by atoms with Crippen LogP contribution in [0.25, 0.3) is 10.9 Å². The lowest BCUT2D eigenvalue weighted by atomic mass is 9.83. The molecule has 0 fully saturated rings. The molecule has 6 rings (SSSR count). The second-order valence-corrected chi connectivity index (χ2v) is 10.9. The van der Waals surface area contributed by atoms with E-state index >= 15 is 0 Å². The normalized spacial score (nSPS) is 16.3. The third kappa shape index (κ3) is 5.78. The number of benzene rings is 4. The van der Waals surface area contributed by atoms with Crippen LogP contribution < -0.4 is 24.3 Å². The smallest absolute Gasteiger partial charge is 0.161 e. The Balaban J connectivity index is 1.26. The van der Waals surface area contributed by atoms with Crippen molar-refractivity contribution in [2.75, 3.05) is 33.5 Å². The molecule has 0 spiro atoms. The fourth-order valence-corrected chi connectivity index (χ4v) is 5.97. The van der Waals surface area contributed by atoms with Crippen LogP contribution in [0.5, 0.6) is 23.0 Å². The number of H-pyrrole nitrogens is 1. The van der Waals surface area contributed by atoms with Gasteiger partial charge in [0.1, 0.15) is 24.7 Å². The van der Waals surface area contributed by atoms with Gasteiger partial charge in [-0.25, -0.2) is 0 Å². The highest BCUT2D eigenvalue weighted by Crippen LogP contribution is 2.43. The van der Waals surface area contributed by atoms with Gasteiger partial charge in [-0.15, -0.1) is 0 Å². The summed E-state index contributed by atoms with van der Waals surface area (Å²) in [5.74, 6) is 3.30. The molecule has 0 aliphatic carbocycles. The molecule has 6 nitrogen and oxygen atoms in total. The van der Waals surface area contributed by atoms with Gasteiger partial charge in [0.15, 0.2) is 11.5 Å². The Morgan fingerprint density at radius 2 is 1.59 bits per heavy atom. The van der Waals surface area contributed by atoms with Crippen LogP contribution in [0.3, 0.4) is 0 Å². The molecule has 1 aliphatic heterocycles. The average molecular weight is 614 g/mol. The predicted octanol–water partition coefficient (Wildman–Crippen LogP) is 7.62. The van der Waals surface area contributed by atoms with Crippen LogP contribution >= 0.6 is 15.9 Å². The van der Waals surface area contributed by atoms with Crippen molar-refractivity contribution in [2.24, 2.45) is 0 Å². The number of hydrogen-bond acceptors (Lipinski definition) is 5. The summed E-state index contributed by atoms with van der Waals surface area (Å²) in [7, 11) is 1.70. The van der Waals surface area contributed by atoms with Crippen LogP contribution in [0, 0.1) is 0 Å².